The summed E-state index contributed by atoms with van der Waals surface area (Å²) in [6.07, 6.45) is 8.50. The molecule has 1 heterocycles. The van der Waals surface area contributed by atoms with Crippen molar-refractivity contribution in [2.75, 3.05) is 11.9 Å². The van der Waals surface area contributed by atoms with Gasteiger partial charge in [-0.25, -0.2) is 4.98 Å². The lowest BCUT2D eigenvalue weighted by molar-refractivity contribution is 0.0461. The third-order valence-corrected chi connectivity index (χ3v) is 3.22. The molecule has 0 spiro atoms. The topological polar surface area (TPSA) is 34.1 Å². The van der Waals surface area contributed by atoms with Gasteiger partial charge < -0.3 is 10.1 Å². The van der Waals surface area contributed by atoms with Crippen molar-refractivity contribution in [2.45, 2.75) is 65.6 Å². The molecule has 0 aromatic carbocycles. The molecule has 1 aromatic heterocycles. The van der Waals surface area contributed by atoms with Gasteiger partial charge in [-0.2, -0.15) is 0 Å². The molecule has 1 N–H and O–H groups in total. The molecule has 0 radical (unpaired) electrons. The second-order valence-electron chi connectivity index (χ2n) is 5.01. The van der Waals surface area contributed by atoms with E-state index in [1.807, 2.05) is 12.3 Å². The van der Waals surface area contributed by atoms with E-state index >= 15 is 0 Å². The first-order valence-electron chi connectivity index (χ1n) is 7.57. The lowest BCUT2D eigenvalue weighted by atomic mass is 10.1. The summed E-state index contributed by atoms with van der Waals surface area (Å²) in [5, 5.41) is 3.27. The van der Waals surface area contributed by atoms with Crippen LogP contribution in [-0.4, -0.2) is 17.6 Å². The summed E-state index contributed by atoms with van der Waals surface area (Å²) < 4.78 is 5.92. The number of anilines is 1. The molecule has 0 saturated carbocycles. The van der Waals surface area contributed by atoms with Gasteiger partial charge in [0.15, 0.2) is 0 Å². The first kappa shape index (κ1) is 16.0. The Kier molecular flexibility index (Phi) is 8.23. The molecule has 1 atom stereocenters. The van der Waals surface area contributed by atoms with Crippen molar-refractivity contribution in [1.29, 1.82) is 0 Å². The van der Waals surface area contributed by atoms with E-state index < -0.39 is 0 Å². The van der Waals surface area contributed by atoms with Crippen LogP contribution in [0.4, 0.5) is 5.82 Å². The first-order chi connectivity index (χ1) is 9.27. The quantitative estimate of drug-likeness (QED) is 0.636. The predicted molar refractivity (Wildman–Crippen MR) is 81.4 cm³/mol. The summed E-state index contributed by atoms with van der Waals surface area (Å²) in [7, 11) is 0. The number of ether oxygens (including phenoxy) is 1. The highest BCUT2D eigenvalue weighted by molar-refractivity contribution is 5.42. The van der Waals surface area contributed by atoms with E-state index in [1.165, 1.54) is 25.7 Å². The van der Waals surface area contributed by atoms with Crippen molar-refractivity contribution in [3.05, 3.63) is 23.9 Å². The van der Waals surface area contributed by atoms with Crippen LogP contribution in [0.2, 0.25) is 0 Å². The maximum atomic E-state index is 5.92. The van der Waals surface area contributed by atoms with Gasteiger partial charge >= 0.3 is 0 Å². The SMILES string of the molecule is CCCCCCC(C)OCc1cccnc1NCC. The highest BCUT2D eigenvalue weighted by Crippen LogP contribution is 2.15. The van der Waals surface area contributed by atoms with E-state index in [2.05, 4.69) is 37.1 Å². The Hall–Kier alpha value is -1.09. The minimum atomic E-state index is 0.325. The summed E-state index contributed by atoms with van der Waals surface area (Å²) in [6.45, 7) is 8.01. The average molecular weight is 264 g/mol. The molecule has 1 rings (SSSR count). The highest BCUT2D eigenvalue weighted by atomic mass is 16.5. The number of rotatable bonds is 10. The van der Waals surface area contributed by atoms with Crippen molar-refractivity contribution in [2.24, 2.45) is 0 Å². The van der Waals surface area contributed by atoms with E-state index in [1.54, 1.807) is 0 Å². The van der Waals surface area contributed by atoms with Crippen LogP contribution in [0.25, 0.3) is 0 Å². The zero-order valence-corrected chi connectivity index (χ0v) is 12.6. The predicted octanol–water partition coefficient (Wildman–Crippen LogP) is 4.39. The van der Waals surface area contributed by atoms with Crippen LogP contribution in [0, 0.1) is 0 Å². The Labute approximate surface area is 117 Å². The molecule has 108 valence electrons. The van der Waals surface area contributed by atoms with E-state index in [-0.39, 0.29) is 0 Å². The molecule has 0 saturated heterocycles. The minimum absolute atomic E-state index is 0.325. The Morgan fingerprint density at radius 2 is 2.11 bits per heavy atom. The molecule has 0 aliphatic carbocycles. The summed E-state index contributed by atoms with van der Waals surface area (Å²) in [4.78, 5) is 4.34. The monoisotopic (exact) mass is 264 g/mol. The average Bonchev–Trinajstić information content (AvgIpc) is 2.43. The van der Waals surface area contributed by atoms with Gasteiger partial charge in [0.1, 0.15) is 5.82 Å². The fraction of sp³-hybridized carbons (Fsp3) is 0.688. The smallest absolute Gasteiger partial charge is 0.131 e. The number of pyridine rings is 1. The minimum Gasteiger partial charge on any atom is -0.374 e. The van der Waals surface area contributed by atoms with Crippen LogP contribution >= 0.6 is 0 Å². The fourth-order valence-corrected chi connectivity index (χ4v) is 2.06. The van der Waals surface area contributed by atoms with Gasteiger partial charge in [0.25, 0.3) is 0 Å². The number of aromatic nitrogens is 1. The Morgan fingerprint density at radius 3 is 2.84 bits per heavy atom. The van der Waals surface area contributed by atoms with Gasteiger partial charge in [0.05, 0.1) is 12.7 Å². The lowest BCUT2D eigenvalue weighted by Gasteiger charge is -2.15. The molecule has 1 unspecified atom stereocenters. The molecule has 0 amide bonds. The fourth-order valence-electron chi connectivity index (χ4n) is 2.06. The lowest BCUT2D eigenvalue weighted by Crippen LogP contribution is -2.10. The third-order valence-electron chi connectivity index (χ3n) is 3.22. The van der Waals surface area contributed by atoms with E-state index in [0.717, 1.165) is 24.3 Å². The molecule has 0 fully saturated rings. The Balaban J connectivity index is 2.31. The van der Waals surface area contributed by atoms with E-state index in [0.29, 0.717) is 12.7 Å². The Bertz CT molecular complexity index is 341. The van der Waals surface area contributed by atoms with Crippen LogP contribution in [-0.2, 0) is 11.3 Å². The highest BCUT2D eigenvalue weighted by Gasteiger charge is 2.06. The molecule has 0 bridgehead atoms. The largest absolute Gasteiger partial charge is 0.374 e. The maximum absolute atomic E-state index is 5.92. The summed E-state index contributed by atoms with van der Waals surface area (Å²) >= 11 is 0. The second-order valence-corrected chi connectivity index (χ2v) is 5.01. The molecule has 3 heteroatoms. The van der Waals surface area contributed by atoms with Crippen molar-refractivity contribution in [1.82, 2.24) is 4.98 Å². The van der Waals surface area contributed by atoms with Crippen LogP contribution in [0.1, 0.15) is 58.4 Å². The van der Waals surface area contributed by atoms with Crippen molar-refractivity contribution >= 4 is 5.82 Å². The van der Waals surface area contributed by atoms with E-state index in [9.17, 15) is 0 Å². The number of hydrogen-bond acceptors (Lipinski definition) is 3. The molecule has 19 heavy (non-hydrogen) atoms. The zero-order chi connectivity index (χ0) is 13.9. The van der Waals surface area contributed by atoms with E-state index in [4.69, 9.17) is 4.74 Å². The van der Waals surface area contributed by atoms with Gasteiger partial charge in [-0.3, -0.25) is 0 Å². The molecule has 3 nitrogen and oxygen atoms in total. The van der Waals surface area contributed by atoms with Crippen molar-refractivity contribution in [3.63, 3.8) is 0 Å². The van der Waals surface area contributed by atoms with Crippen molar-refractivity contribution in [3.8, 4) is 0 Å². The van der Waals surface area contributed by atoms with Crippen LogP contribution in [0.3, 0.4) is 0 Å². The Morgan fingerprint density at radius 1 is 1.26 bits per heavy atom. The number of hydrogen-bond donors (Lipinski definition) is 1. The molecular weight excluding hydrogens is 236 g/mol. The normalized spacial score (nSPS) is 12.4. The summed E-state index contributed by atoms with van der Waals surface area (Å²) in [5.41, 5.74) is 1.14. The number of unbranched alkanes of at least 4 members (excludes halogenated alkanes) is 3. The second kappa shape index (κ2) is 9.79. The summed E-state index contributed by atoms with van der Waals surface area (Å²) in [6, 6.07) is 4.04. The molecule has 1 aromatic rings. The van der Waals surface area contributed by atoms with Crippen LogP contribution in [0.15, 0.2) is 18.3 Å². The molecular formula is C16H28N2O. The van der Waals surface area contributed by atoms with Crippen molar-refractivity contribution < 1.29 is 4.74 Å². The van der Waals surface area contributed by atoms with Crippen LogP contribution in [0.5, 0.6) is 0 Å². The first-order valence-corrected chi connectivity index (χ1v) is 7.57. The van der Waals surface area contributed by atoms with Gasteiger partial charge in [0, 0.05) is 18.3 Å². The van der Waals surface area contributed by atoms with Crippen LogP contribution < -0.4 is 5.32 Å². The number of nitrogens with one attached hydrogen (secondary N) is 1. The van der Waals surface area contributed by atoms with Gasteiger partial charge in [0.2, 0.25) is 0 Å². The van der Waals surface area contributed by atoms with Gasteiger partial charge in [-0.1, -0.05) is 38.7 Å². The third kappa shape index (κ3) is 6.58. The summed E-state index contributed by atoms with van der Waals surface area (Å²) in [5.74, 6) is 0.947. The zero-order valence-electron chi connectivity index (χ0n) is 12.6. The van der Waals surface area contributed by atoms with Gasteiger partial charge in [-0.05, 0) is 26.3 Å². The van der Waals surface area contributed by atoms with Gasteiger partial charge in [-0.15, -0.1) is 0 Å². The maximum Gasteiger partial charge on any atom is 0.131 e. The molecule has 0 aliphatic rings. The molecule has 0 aliphatic heterocycles. The number of nitrogens with zero attached hydrogens (tertiary/aromatic N) is 1. The standard InChI is InChI=1S/C16H28N2O/c1-4-6-7-8-10-14(3)19-13-15-11-9-12-18-16(15)17-5-2/h9,11-12,14H,4-8,10,13H2,1-3H3,(H,17,18).